The van der Waals surface area contributed by atoms with Gasteiger partial charge >= 0.3 is 0 Å². The quantitative estimate of drug-likeness (QED) is 0.868. The van der Waals surface area contributed by atoms with Crippen LogP contribution in [0.3, 0.4) is 0 Å². The second-order valence-electron chi connectivity index (χ2n) is 6.40. The van der Waals surface area contributed by atoms with E-state index in [-0.39, 0.29) is 11.3 Å². The Morgan fingerprint density at radius 1 is 1.55 bits per heavy atom. The third kappa shape index (κ3) is 3.42. The van der Waals surface area contributed by atoms with E-state index in [1.54, 1.807) is 0 Å². The number of hydrogen-bond donors (Lipinski definition) is 2. The smallest absolute Gasteiger partial charge is 0.267 e. The van der Waals surface area contributed by atoms with Crippen LogP contribution >= 0.6 is 0 Å². The fourth-order valence-corrected chi connectivity index (χ4v) is 2.96. The van der Waals surface area contributed by atoms with Crippen LogP contribution in [0.15, 0.2) is 18.3 Å². The van der Waals surface area contributed by atoms with Gasteiger partial charge in [-0.15, -0.1) is 0 Å². The van der Waals surface area contributed by atoms with E-state index in [4.69, 9.17) is 0 Å². The summed E-state index contributed by atoms with van der Waals surface area (Å²) in [4.78, 5) is 12.3. The largest absolute Gasteiger partial charge is 0.349 e. The first-order valence-corrected chi connectivity index (χ1v) is 7.71. The van der Waals surface area contributed by atoms with Crippen LogP contribution in [-0.2, 0) is 6.54 Å². The van der Waals surface area contributed by atoms with Crippen molar-refractivity contribution in [1.82, 2.24) is 15.2 Å². The van der Waals surface area contributed by atoms with Crippen LogP contribution in [0.5, 0.6) is 0 Å². The highest BCUT2D eigenvalue weighted by molar-refractivity contribution is 5.92. The van der Waals surface area contributed by atoms with Gasteiger partial charge in [0.1, 0.15) is 5.69 Å². The first kappa shape index (κ1) is 15.1. The molecule has 1 fully saturated rings. The molecule has 112 valence electrons. The van der Waals surface area contributed by atoms with Crippen LogP contribution in [-0.4, -0.2) is 29.6 Å². The van der Waals surface area contributed by atoms with E-state index in [0.717, 1.165) is 25.2 Å². The zero-order valence-electron chi connectivity index (χ0n) is 12.9. The van der Waals surface area contributed by atoms with Crippen LogP contribution in [0.2, 0.25) is 0 Å². The summed E-state index contributed by atoms with van der Waals surface area (Å²) < 4.78 is 2.02. The number of piperidine rings is 1. The Bertz CT molecular complexity index is 450. The summed E-state index contributed by atoms with van der Waals surface area (Å²) in [6, 6.07) is 4.19. The number of rotatable bonds is 5. The first-order valence-electron chi connectivity index (χ1n) is 7.71. The molecule has 2 heterocycles. The SMILES string of the molecule is CCCn1cccc1C(=O)NCC1NCCCC1(C)C. The van der Waals surface area contributed by atoms with Crippen LogP contribution in [0.4, 0.5) is 0 Å². The summed E-state index contributed by atoms with van der Waals surface area (Å²) in [5, 5.41) is 6.62. The Kier molecular flexibility index (Phi) is 4.86. The molecule has 1 amide bonds. The molecule has 1 atom stereocenters. The fourth-order valence-electron chi connectivity index (χ4n) is 2.96. The zero-order chi connectivity index (χ0) is 14.6. The molecule has 0 spiro atoms. The van der Waals surface area contributed by atoms with Crippen molar-refractivity contribution in [1.29, 1.82) is 0 Å². The van der Waals surface area contributed by atoms with Gasteiger partial charge in [0.05, 0.1) is 0 Å². The highest BCUT2D eigenvalue weighted by Gasteiger charge is 2.32. The Morgan fingerprint density at radius 2 is 2.35 bits per heavy atom. The Morgan fingerprint density at radius 3 is 3.05 bits per heavy atom. The highest BCUT2D eigenvalue weighted by atomic mass is 16.1. The lowest BCUT2D eigenvalue weighted by molar-refractivity contribution is 0.0919. The lowest BCUT2D eigenvalue weighted by atomic mass is 9.77. The van der Waals surface area contributed by atoms with Crippen molar-refractivity contribution < 1.29 is 4.79 Å². The van der Waals surface area contributed by atoms with E-state index in [1.165, 1.54) is 12.8 Å². The first-order chi connectivity index (χ1) is 9.54. The number of nitrogens with one attached hydrogen (secondary N) is 2. The van der Waals surface area contributed by atoms with Gasteiger partial charge in [-0.25, -0.2) is 0 Å². The number of aryl methyl sites for hydroxylation is 1. The topological polar surface area (TPSA) is 46.1 Å². The van der Waals surface area contributed by atoms with Crippen molar-refractivity contribution in [3.63, 3.8) is 0 Å². The zero-order valence-corrected chi connectivity index (χ0v) is 12.9. The number of amides is 1. The van der Waals surface area contributed by atoms with Gasteiger partial charge in [-0.1, -0.05) is 20.8 Å². The summed E-state index contributed by atoms with van der Waals surface area (Å²) in [5.74, 6) is 0.0339. The van der Waals surface area contributed by atoms with Crippen molar-refractivity contribution in [3.8, 4) is 0 Å². The molecule has 0 aliphatic carbocycles. The fraction of sp³-hybridized carbons (Fsp3) is 0.688. The molecule has 1 aromatic heterocycles. The third-order valence-electron chi connectivity index (χ3n) is 4.33. The highest BCUT2D eigenvalue weighted by Crippen LogP contribution is 2.29. The molecule has 1 saturated heterocycles. The molecule has 0 bridgehead atoms. The monoisotopic (exact) mass is 277 g/mol. The maximum absolute atomic E-state index is 12.3. The van der Waals surface area contributed by atoms with Gasteiger partial charge < -0.3 is 15.2 Å². The molecular weight excluding hydrogens is 250 g/mol. The van der Waals surface area contributed by atoms with Crippen LogP contribution in [0.1, 0.15) is 50.5 Å². The van der Waals surface area contributed by atoms with Gasteiger partial charge in [-0.05, 0) is 43.4 Å². The van der Waals surface area contributed by atoms with Crippen LogP contribution in [0, 0.1) is 5.41 Å². The molecule has 20 heavy (non-hydrogen) atoms. The van der Waals surface area contributed by atoms with E-state index in [2.05, 4.69) is 31.4 Å². The average Bonchev–Trinajstić information content (AvgIpc) is 2.85. The van der Waals surface area contributed by atoms with Crippen molar-refractivity contribution >= 4 is 5.91 Å². The lowest BCUT2D eigenvalue weighted by Gasteiger charge is -2.39. The minimum atomic E-state index is 0.0339. The standard InChI is InChI=1S/C16H27N3O/c1-4-10-19-11-5-7-13(19)15(20)18-12-14-16(2,3)8-6-9-17-14/h5,7,11,14,17H,4,6,8-10,12H2,1-3H3,(H,18,20). The summed E-state index contributed by atoms with van der Waals surface area (Å²) in [5.41, 5.74) is 1.01. The summed E-state index contributed by atoms with van der Waals surface area (Å²) in [7, 11) is 0. The molecule has 4 nitrogen and oxygen atoms in total. The number of nitrogens with zero attached hydrogens (tertiary/aromatic N) is 1. The maximum atomic E-state index is 12.3. The van der Waals surface area contributed by atoms with Gasteiger partial charge in [0.25, 0.3) is 5.91 Å². The molecular formula is C16H27N3O. The molecule has 0 aromatic carbocycles. The van der Waals surface area contributed by atoms with E-state index >= 15 is 0 Å². The number of carbonyl (C=O) groups excluding carboxylic acids is 1. The van der Waals surface area contributed by atoms with E-state index < -0.39 is 0 Å². The molecule has 2 N–H and O–H groups in total. The minimum absolute atomic E-state index is 0.0339. The molecule has 1 aliphatic heterocycles. The molecule has 1 unspecified atom stereocenters. The van der Waals surface area contributed by atoms with E-state index in [9.17, 15) is 4.79 Å². The molecule has 1 aromatic rings. The molecule has 4 heteroatoms. The maximum Gasteiger partial charge on any atom is 0.267 e. The number of aromatic nitrogens is 1. The van der Waals surface area contributed by atoms with Crippen molar-refractivity contribution in [3.05, 3.63) is 24.0 Å². The predicted molar refractivity (Wildman–Crippen MR) is 81.9 cm³/mol. The van der Waals surface area contributed by atoms with Gasteiger partial charge in [0.2, 0.25) is 0 Å². The Labute approximate surface area is 121 Å². The van der Waals surface area contributed by atoms with Crippen molar-refractivity contribution in [2.45, 2.75) is 52.6 Å². The van der Waals surface area contributed by atoms with Crippen molar-refractivity contribution in [2.75, 3.05) is 13.1 Å². The summed E-state index contributed by atoms with van der Waals surface area (Å²) >= 11 is 0. The molecule has 2 rings (SSSR count). The molecule has 1 aliphatic rings. The Hall–Kier alpha value is -1.29. The normalized spacial score (nSPS) is 21.6. The van der Waals surface area contributed by atoms with Gasteiger partial charge in [-0.3, -0.25) is 4.79 Å². The molecule has 0 radical (unpaired) electrons. The third-order valence-corrected chi connectivity index (χ3v) is 4.33. The predicted octanol–water partition coefficient (Wildman–Crippen LogP) is 2.41. The van der Waals surface area contributed by atoms with E-state index in [0.29, 0.717) is 12.6 Å². The van der Waals surface area contributed by atoms with Crippen LogP contribution in [0.25, 0.3) is 0 Å². The Balaban J connectivity index is 1.93. The average molecular weight is 277 g/mol. The number of carbonyl (C=O) groups is 1. The van der Waals surface area contributed by atoms with E-state index in [1.807, 2.05) is 22.9 Å². The lowest BCUT2D eigenvalue weighted by Crippen LogP contribution is -2.52. The van der Waals surface area contributed by atoms with Gasteiger partial charge in [0.15, 0.2) is 0 Å². The second-order valence-corrected chi connectivity index (χ2v) is 6.40. The van der Waals surface area contributed by atoms with Crippen molar-refractivity contribution in [2.24, 2.45) is 5.41 Å². The molecule has 0 saturated carbocycles. The second kappa shape index (κ2) is 6.44. The van der Waals surface area contributed by atoms with Crippen LogP contribution < -0.4 is 10.6 Å². The summed E-state index contributed by atoms with van der Waals surface area (Å²) in [6.45, 7) is 9.31. The number of hydrogen-bond acceptors (Lipinski definition) is 2. The van der Waals surface area contributed by atoms with Gasteiger partial charge in [-0.2, -0.15) is 0 Å². The van der Waals surface area contributed by atoms with Gasteiger partial charge in [0, 0.05) is 25.3 Å². The summed E-state index contributed by atoms with van der Waals surface area (Å²) in [6.07, 6.45) is 5.44. The minimum Gasteiger partial charge on any atom is -0.349 e.